The summed E-state index contributed by atoms with van der Waals surface area (Å²) in [5, 5.41) is 20.2. The van der Waals surface area contributed by atoms with E-state index in [4.69, 9.17) is 9.52 Å². The highest BCUT2D eigenvalue weighted by molar-refractivity contribution is 5.23. The molecule has 1 heterocycles. The number of rotatable bonds is 8. The summed E-state index contributed by atoms with van der Waals surface area (Å²) in [6, 6.07) is 0.533. The van der Waals surface area contributed by atoms with Crippen molar-refractivity contribution in [3.63, 3.8) is 0 Å². The van der Waals surface area contributed by atoms with Gasteiger partial charge in [-0.05, 0) is 26.8 Å². The molecule has 1 aromatic heterocycles. The number of nitrogens with zero attached hydrogens (tertiary/aromatic N) is 3. The van der Waals surface area contributed by atoms with Gasteiger partial charge in [-0.3, -0.25) is 0 Å². The first-order valence-electron chi connectivity index (χ1n) is 6.15. The Morgan fingerprint density at radius 2 is 2.18 bits per heavy atom. The number of aliphatic hydroxyl groups excluding tert-OH is 1. The number of hydrogen-bond acceptors (Lipinski definition) is 6. The molecule has 6 heteroatoms. The van der Waals surface area contributed by atoms with Crippen molar-refractivity contribution in [3.05, 3.63) is 5.89 Å². The first-order chi connectivity index (χ1) is 8.22. The third-order valence-corrected chi connectivity index (χ3v) is 2.52. The predicted molar refractivity (Wildman–Crippen MR) is 66.0 cm³/mol. The van der Waals surface area contributed by atoms with E-state index in [9.17, 15) is 0 Å². The molecular weight excluding hydrogens is 220 g/mol. The number of anilines is 1. The molecule has 0 saturated carbocycles. The Hall–Kier alpha value is -1.14. The molecule has 0 aliphatic heterocycles. The molecule has 1 rings (SSSR count). The highest BCUT2D eigenvalue weighted by Gasteiger charge is 2.16. The van der Waals surface area contributed by atoms with Gasteiger partial charge in [0, 0.05) is 13.1 Å². The maximum atomic E-state index is 8.92. The van der Waals surface area contributed by atoms with Crippen LogP contribution in [-0.4, -0.2) is 41.5 Å². The summed E-state index contributed by atoms with van der Waals surface area (Å²) in [5.41, 5.74) is 0. The van der Waals surface area contributed by atoms with Gasteiger partial charge in [0.25, 0.3) is 0 Å². The average molecular weight is 242 g/mol. The minimum Gasteiger partial charge on any atom is -0.406 e. The Balaban J connectivity index is 2.62. The topological polar surface area (TPSA) is 74.4 Å². The lowest BCUT2D eigenvalue weighted by Crippen LogP contribution is -2.26. The fraction of sp³-hybridized carbons (Fsp3) is 0.818. The lowest BCUT2D eigenvalue weighted by atomic mass is 10.3. The maximum absolute atomic E-state index is 8.92. The van der Waals surface area contributed by atoms with Crippen LogP contribution in [0.4, 0.5) is 6.01 Å². The van der Waals surface area contributed by atoms with Gasteiger partial charge < -0.3 is 19.7 Å². The average Bonchev–Trinajstić information content (AvgIpc) is 2.82. The van der Waals surface area contributed by atoms with Gasteiger partial charge in [0.05, 0.1) is 12.6 Å². The Labute approximate surface area is 102 Å². The molecular formula is C11H22N4O2. The van der Waals surface area contributed by atoms with E-state index in [-0.39, 0.29) is 12.6 Å². The summed E-state index contributed by atoms with van der Waals surface area (Å²) in [4.78, 5) is 1.85. The van der Waals surface area contributed by atoms with E-state index in [0.29, 0.717) is 18.5 Å². The Bertz CT molecular complexity index is 316. The molecule has 0 fully saturated rings. The van der Waals surface area contributed by atoms with E-state index in [1.807, 2.05) is 18.7 Å². The van der Waals surface area contributed by atoms with Crippen LogP contribution in [0.1, 0.15) is 39.1 Å². The zero-order valence-corrected chi connectivity index (χ0v) is 10.8. The first-order valence-corrected chi connectivity index (χ1v) is 6.15. The van der Waals surface area contributed by atoms with Crippen LogP contribution < -0.4 is 10.2 Å². The highest BCUT2D eigenvalue weighted by Crippen LogP contribution is 2.16. The van der Waals surface area contributed by atoms with Crippen LogP contribution in [0.3, 0.4) is 0 Å². The van der Waals surface area contributed by atoms with E-state index >= 15 is 0 Å². The number of aromatic nitrogens is 2. The summed E-state index contributed by atoms with van der Waals surface area (Å²) in [5.74, 6) is 0.588. The zero-order chi connectivity index (χ0) is 12.7. The SMILES string of the molecule is CCCNC(C)c1nnc(N(CC)CCO)o1. The van der Waals surface area contributed by atoms with Crippen LogP contribution in [0.15, 0.2) is 4.42 Å². The molecule has 0 bridgehead atoms. The van der Waals surface area contributed by atoms with Gasteiger partial charge >= 0.3 is 6.01 Å². The molecule has 17 heavy (non-hydrogen) atoms. The van der Waals surface area contributed by atoms with Gasteiger partial charge in [-0.25, -0.2) is 0 Å². The molecule has 0 aliphatic rings. The minimum atomic E-state index is 0.0593. The quantitative estimate of drug-likeness (QED) is 0.707. The minimum absolute atomic E-state index is 0.0593. The summed E-state index contributed by atoms with van der Waals surface area (Å²) in [6.45, 7) is 8.34. The van der Waals surface area contributed by atoms with E-state index in [1.165, 1.54) is 0 Å². The van der Waals surface area contributed by atoms with Crippen molar-refractivity contribution >= 4 is 6.01 Å². The van der Waals surface area contributed by atoms with Crippen LogP contribution in [0.25, 0.3) is 0 Å². The summed E-state index contributed by atoms with van der Waals surface area (Å²) < 4.78 is 5.58. The molecule has 1 atom stereocenters. The van der Waals surface area contributed by atoms with E-state index in [0.717, 1.165) is 19.5 Å². The third kappa shape index (κ3) is 3.98. The standard InChI is InChI=1S/C11H22N4O2/c1-4-6-12-9(3)10-13-14-11(17-10)15(5-2)7-8-16/h9,12,16H,4-8H2,1-3H3. The smallest absolute Gasteiger partial charge is 0.318 e. The van der Waals surface area contributed by atoms with Gasteiger partial charge in [-0.1, -0.05) is 12.0 Å². The highest BCUT2D eigenvalue weighted by atomic mass is 16.4. The molecule has 98 valence electrons. The van der Waals surface area contributed by atoms with Crippen LogP contribution in [0, 0.1) is 0 Å². The third-order valence-electron chi connectivity index (χ3n) is 2.52. The molecule has 2 N–H and O–H groups in total. The van der Waals surface area contributed by atoms with Gasteiger partial charge in [-0.15, -0.1) is 5.10 Å². The molecule has 6 nitrogen and oxygen atoms in total. The van der Waals surface area contributed by atoms with Gasteiger partial charge in [0.15, 0.2) is 0 Å². The van der Waals surface area contributed by atoms with Crippen molar-refractivity contribution in [1.82, 2.24) is 15.5 Å². The molecule has 1 unspecified atom stereocenters. The molecule has 0 spiro atoms. The van der Waals surface area contributed by atoms with E-state index < -0.39 is 0 Å². The second-order valence-corrected chi connectivity index (χ2v) is 3.90. The number of likely N-dealkylation sites (N-methyl/N-ethyl adjacent to an activating group) is 1. The fourth-order valence-corrected chi connectivity index (χ4v) is 1.49. The second-order valence-electron chi connectivity index (χ2n) is 3.90. The summed E-state index contributed by atoms with van der Waals surface area (Å²) in [7, 11) is 0. The Kier molecular flexibility index (Phi) is 5.93. The zero-order valence-electron chi connectivity index (χ0n) is 10.8. The predicted octanol–water partition coefficient (Wildman–Crippen LogP) is 0.949. The molecule has 0 radical (unpaired) electrons. The largest absolute Gasteiger partial charge is 0.406 e. The Morgan fingerprint density at radius 3 is 2.76 bits per heavy atom. The van der Waals surface area contributed by atoms with E-state index in [2.05, 4.69) is 22.4 Å². The van der Waals surface area contributed by atoms with Crippen molar-refractivity contribution in [2.24, 2.45) is 0 Å². The van der Waals surface area contributed by atoms with E-state index in [1.54, 1.807) is 0 Å². The maximum Gasteiger partial charge on any atom is 0.318 e. The van der Waals surface area contributed by atoms with Gasteiger partial charge in [-0.2, -0.15) is 0 Å². The fourth-order valence-electron chi connectivity index (χ4n) is 1.49. The molecule has 0 saturated heterocycles. The number of hydrogen-bond donors (Lipinski definition) is 2. The van der Waals surface area contributed by atoms with Gasteiger partial charge in [0.2, 0.25) is 5.89 Å². The van der Waals surface area contributed by atoms with Crippen molar-refractivity contribution in [2.45, 2.75) is 33.2 Å². The van der Waals surface area contributed by atoms with Crippen molar-refractivity contribution < 1.29 is 9.52 Å². The van der Waals surface area contributed by atoms with Crippen LogP contribution >= 0.6 is 0 Å². The van der Waals surface area contributed by atoms with Crippen LogP contribution in [0.5, 0.6) is 0 Å². The Morgan fingerprint density at radius 1 is 1.41 bits per heavy atom. The van der Waals surface area contributed by atoms with Crippen molar-refractivity contribution in [3.8, 4) is 0 Å². The van der Waals surface area contributed by atoms with Crippen LogP contribution in [-0.2, 0) is 0 Å². The monoisotopic (exact) mass is 242 g/mol. The first kappa shape index (κ1) is 13.9. The molecule has 0 aliphatic carbocycles. The normalized spacial score (nSPS) is 12.7. The van der Waals surface area contributed by atoms with Gasteiger partial charge in [0.1, 0.15) is 0 Å². The lowest BCUT2D eigenvalue weighted by Gasteiger charge is -2.16. The van der Waals surface area contributed by atoms with Crippen molar-refractivity contribution in [2.75, 3.05) is 31.1 Å². The second kappa shape index (κ2) is 7.24. The lowest BCUT2D eigenvalue weighted by molar-refractivity contribution is 0.298. The van der Waals surface area contributed by atoms with Crippen LogP contribution in [0.2, 0.25) is 0 Å². The molecule has 0 aromatic carbocycles. The van der Waals surface area contributed by atoms with Crippen molar-refractivity contribution in [1.29, 1.82) is 0 Å². The number of aliphatic hydroxyl groups is 1. The molecule has 1 aromatic rings. The molecule has 0 amide bonds. The summed E-state index contributed by atoms with van der Waals surface area (Å²) in [6.07, 6.45) is 1.07. The summed E-state index contributed by atoms with van der Waals surface area (Å²) >= 11 is 0. The number of nitrogens with one attached hydrogen (secondary N) is 1.